The molecule has 0 heterocycles. The number of benzene rings is 2. The third-order valence-electron chi connectivity index (χ3n) is 10.3. The van der Waals surface area contributed by atoms with Crippen molar-refractivity contribution in [2.45, 2.75) is 103 Å². The molecule has 4 aliphatic rings. The van der Waals surface area contributed by atoms with Crippen LogP contribution in [0.4, 0.5) is 5.69 Å². The summed E-state index contributed by atoms with van der Waals surface area (Å²) < 4.78 is 27.5. The molecule has 7 nitrogen and oxygen atoms in total. The van der Waals surface area contributed by atoms with E-state index in [9.17, 15) is 18.0 Å². The SMILES string of the molecule is CCC(C)NC(=O)C(CC)N(Cc1cccc(C)c1)C(=O)CN(c1ccc(C23CC4CC(CC(C4)C2)C3)cc1)S(C)(=O)=O. The number of aryl methyl sites for hydroxylation is 1. The largest absolute Gasteiger partial charge is 0.352 e. The average Bonchev–Trinajstić information content (AvgIpc) is 2.94. The van der Waals surface area contributed by atoms with Crippen molar-refractivity contribution in [3.8, 4) is 0 Å². The number of hydrogen-bond donors (Lipinski definition) is 1. The maximum atomic E-state index is 14.1. The maximum Gasteiger partial charge on any atom is 0.244 e. The molecule has 1 N–H and O–H groups in total. The van der Waals surface area contributed by atoms with Crippen LogP contribution in [0.25, 0.3) is 0 Å². The molecule has 2 aromatic carbocycles. The molecule has 2 atom stereocenters. The Morgan fingerprint density at radius 2 is 1.56 bits per heavy atom. The average molecular weight is 608 g/mol. The first-order chi connectivity index (χ1) is 20.4. The van der Waals surface area contributed by atoms with Gasteiger partial charge in [-0.3, -0.25) is 13.9 Å². The van der Waals surface area contributed by atoms with Crippen molar-refractivity contribution in [2.75, 3.05) is 17.1 Å². The highest BCUT2D eigenvalue weighted by Gasteiger charge is 2.51. The van der Waals surface area contributed by atoms with Crippen LogP contribution < -0.4 is 9.62 Å². The van der Waals surface area contributed by atoms with E-state index in [1.165, 1.54) is 48.4 Å². The molecule has 2 aromatic rings. The first kappa shape index (κ1) is 31.6. The zero-order valence-corrected chi connectivity index (χ0v) is 27.3. The molecule has 0 spiro atoms. The molecule has 234 valence electrons. The zero-order valence-electron chi connectivity index (χ0n) is 26.5. The predicted octanol–water partition coefficient (Wildman–Crippen LogP) is 5.95. The molecule has 8 heteroatoms. The second-order valence-electron chi connectivity index (χ2n) is 13.8. The monoisotopic (exact) mass is 607 g/mol. The van der Waals surface area contributed by atoms with Gasteiger partial charge in [0, 0.05) is 12.6 Å². The van der Waals surface area contributed by atoms with Crippen LogP contribution in [0, 0.1) is 24.7 Å². The number of sulfonamides is 1. The molecule has 4 fully saturated rings. The Labute approximate surface area is 258 Å². The fraction of sp³-hybridized carbons (Fsp3) is 0.600. The van der Waals surface area contributed by atoms with Crippen LogP contribution >= 0.6 is 0 Å². The summed E-state index contributed by atoms with van der Waals surface area (Å²) in [6.07, 6.45) is 10.1. The fourth-order valence-electron chi connectivity index (χ4n) is 8.43. The summed E-state index contributed by atoms with van der Waals surface area (Å²) in [6, 6.07) is 15.1. The van der Waals surface area contributed by atoms with Gasteiger partial charge >= 0.3 is 0 Å². The predicted molar refractivity (Wildman–Crippen MR) is 172 cm³/mol. The van der Waals surface area contributed by atoms with E-state index >= 15 is 0 Å². The lowest BCUT2D eigenvalue weighted by atomic mass is 9.48. The molecule has 6 rings (SSSR count). The van der Waals surface area contributed by atoms with Crippen molar-refractivity contribution in [3.05, 3.63) is 65.2 Å². The highest BCUT2D eigenvalue weighted by Crippen LogP contribution is 2.60. The summed E-state index contributed by atoms with van der Waals surface area (Å²) in [7, 11) is -3.77. The summed E-state index contributed by atoms with van der Waals surface area (Å²) in [6.45, 7) is 7.66. The molecular formula is C35H49N3O4S. The van der Waals surface area contributed by atoms with Gasteiger partial charge in [0.15, 0.2) is 0 Å². The molecule has 4 bridgehead atoms. The smallest absolute Gasteiger partial charge is 0.244 e. The Kier molecular flexibility index (Phi) is 9.26. The molecule has 2 amide bonds. The third-order valence-corrected chi connectivity index (χ3v) is 11.4. The zero-order chi connectivity index (χ0) is 30.9. The third kappa shape index (κ3) is 6.95. The number of nitrogens with zero attached hydrogens (tertiary/aromatic N) is 2. The number of hydrogen-bond acceptors (Lipinski definition) is 4. The van der Waals surface area contributed by atoms with Gasteiger partial charge in [0.1, 0.15) is 12.6 Å². The molecule has 0 aromatic heterocycles. The minimum Gasteiger partial charge on any atom is -0.352 e. The highest BCUT2D eigenvalue weighted by molar-refractivity contribution is 7.92. The van der Waals surface area contributed by atoms with E-state index in [0.29, 0.717) is 12.1 Å². The van der Waals surface area contributed by atoms with E-state index in [1.807, 2.05) is 64.1 Å². The van der Waals surface area contributed by atoms with Crippen molar-refractivity contribution in [2.24, 2.45) is 17.8 Å². The summed E-state index contributed by atoms with van der Waals surface area (Å²) >= 11 is 0. The van der Waals surface area contributed by atoms with Crippen LogP contribution in [0.5, 0.6) is 0 Å². The number of anilines is 1. The van der Waals surface area contributed by atoms with Gasteiger partial charge in [-0.15, -0.1) is 0 Å². The number of carbonyl (C=O) groups is 2. The van der Waals surface area contributed by atoms with Gasteiger partial charge in [0.2, 0.25) is 21.8 Å². The van der Waals surface area contributed by atoms with Crippen molar-refractivity contribution in [3.63, 3.8) is 0 Å². The Hall–Kier alpha value is -2.87. The lowest BCUT2D eigenvalue weighted by Gasteiger charge is -2.57. The quantitative estimate of drug-likeness (QED) is 0.323. The van der Waals surface area contributed by atoms with E-state index in [0.717, 1.165) is 41.6 Å². The van der Waals surface area contributed by atoms with Crippen LogP contribution in [0.1, 0.15) is 88.8 Å². The standard InChI is InChI=1S/C35H49N3O4S/c1-6-25(4)36-34(40)32(7-2)37(22-26-10-8-9-24(3)15-26)33(39)23-38(43(5,41)42)31-13-11-30(12-14-31)35-19-27-16-28(20-35)18-29(17-27)21-35/h8-15,25,27-29,32H,6-7,16-23H2,1-5H3,(H,36,40). The van der Waals surface area contributed by atoms with Crippen molar-refractivity contribution in [1.82, 2.24) is 10.2 Å². The maximum absolute atomic E-state index is 14.1. The normalized spacial score (nSPS) is 25.7. The minimum atomic E-state index is -3.77. The molecular weight excluding hydrogens is 558 g/mol. The van der Waals surface area contributed by atoms with Crippen LogP contribution in [0.15, 0.2) is 48.5 Å². The molecule has 43 heavy (non-hydrogen) atoms. The molecule has 0 saturated heterocycles. The summed E-state index contributed by atoms with van der Waals surface area (Å²) in [5.74, 6) is 1.84. The van der Waals surface area contributed by atoms with Crippen LogP contribution in [0.3, 0.4) is 0 Å². The van der Waals surface area contributed by atoms with Crippen molar-refractivity contribution in [1.29, 1.82) is 0 Å². The first-order valence-corrected chi connectivity index (χ1v) is 18.0. The van der Waals surface area contributed by atoms with Gasteiger partial charge in [-0.2, -0.15) is 0 Å². The number of amides is 2. The number of rotatable bonds is 12. The second kappa shape index (κ2) is 12.6. The lowest BCUT2D eigenvalue weighted by Crippen LogP contribution is -2.53. The second-order valence-corrected chi connectivity index (χ2v) is 15.7. The highest BCUT2D eigenvalue weighted by atomic mass is 32.2. The minimum absolute atomic E-state index is 0.0301. The number of carbonyl (C=O) groups excluding carboxylic acids is 2. The van der Waals surface area contributed by atoms with E-state index in [4.69, 9.17) is 0 Å². The Bertz CT molecular complexity index is 1390. The number of nitrogens with one attached hydrogen (secondary N) is 1. The van der Waals surface area contributed by atoms with Crippen LogP contribution in [-0.2, 0) is 31.6 Å². The Morgan fingerprint density at radius 1 is 0.953 bits per heavy atom. The molecule has 4 saturated carbocycles. The van der Waals surface area contributed by atoms with Gasteiger partial charge < -0.3 is 10.2 Å². The fourth-order valence-corrected chi connectivity index (χ4v) is 9.28. The van der Waals surface area contributed by atoms with Crippen LogP contribution in [0.2, 0.25) is 0 Å². The summed E-state index contributed by atoms with van der Waals surface area (Å²) in [5.41, 5.74) is 3.95. The Morgan fingerprint density at radius 3 is 2.07 bits per heavy atom. The van der Waals surface area contributed by atoms with E-state index in [1.54, 1.807) is 4.90 Å². The molecule has 0 radical (unpaired) electrons. The van der Waals surface area contributed by atoms with E-state index in [2.05, 4.69) is 17.4 Å². The van der Waals surface area contributed by atoms with Crippen molar-refractivity contribution < 1.29 is 18.0 Å². The summed E-state index contributed by atoms with van der Waals surface area (Å²) in [5, 5.41) is 3.02. The lowest BCUT2D eigenvalue weighted by molar-refractivity contribution is -0.140. The Balaban J connectivity index is 1.40. The van der Waals surface area contributed by atoms with Gasteiger partial charge in [0.05, 0.1) is 11.9 Å². The van der Waals surface area contributed by atoms with E-state index in [-0.39, 0.29) is 30.5 Å². The van der Waals surface area contributed by atoms with E-state index < -0.39 is 22.0 Å². The topological polar surface area (TPSA) is 86.8 Å². The molecule has 4 aliphatic carbocycles. The molecule has 0 aliphatic heterocycles. The van der Waals surface area contributed by atoms with Gasteiger partial charge in [0.25, 0.3) is 0 Å². The van der Waals surface area contributed by atoms with Crippen molar-refractivity contribution >= 4 is 27.5 Å². The molecule has 2 unspecified atom stereocenters. The summed E-state index contributed by atoms with van der Waals surface area (Å²) in [4.78, 5) is 29.0. The first-order valence-electron chi connectivity index (χ1n) is 16.1. The van der Waals surface area contributed by atoms with Crippen LogP contribution in [-0.4, -0.2) is 50.0 Å². The van der Waals surface area contributed by atoms with Gasteiger partial charge in [-0.25, -0.2) is 8.42 Å². The van der Waals surface area contributed by atoms with Gasteiger partial charge in [-0.05, 0) is 112 Å². The van der Waals surface area contributed by atoms with Gasteiger partial charge in [-0.1, -0.05) is 55.8 Å².